The fraction of sp³-hybridized carbons (Fsp3) is 0.105. The molecular formula is C19H14N4O7S2. The molecule has 0 saturated carbocycles. The van der Waals surface area contributed by atoms with Crippen LogP contribution in [0.15, 0.2) is 50.9 Å². The van der Waals surface area contributed by atoms with E-state index in [1.807, 2.05) is 0 Å². The second-order valence-corrected chi connectivity index (χ2v) is 9.21. The monoisotopic (exact) mass is 474 g/mol. The molecule has 0 aliphatic rings. The lowest BCUT2D eigenvalue weighted by molar-refractivity contribution is -0.112. The van der Waals surface area contributed by atoms with E-state index in [1.54, 1.807) is 12.1 Å². The minimum Gasteiger partial charge on any atom is -0.493 e. The Labute approximate surface area is 185 Å². The number of nitriles is 1. The van der Waals surface area contributed by atoms with E-state index in [2.05, 4.69) is 15.5 Å². The Balaban J connectivity index is 1.79. The van der Waals surface area contributed by atoms with Gasteiger partial charge in [-0.05, 0) is 35.9 Å². The minimum atomic E-state index is -3.57. The smallest absolute Gasteiger partial charge is 0.379 e. The van der Waals surface area contributed by atoms with E-state index in [1.165, 1.54) is 43.7 Å². The Morgan fingerprint density at radius 2 is 2.03 bits per heavy atom. The Morgan fingerprint density at radius 1 is 1.25 bits per heavy atom. The lowest BCUT2D eigenvalue weighted by atomic mass is 10.1. The number of furan rings is 1. The number of benzene rings is 1. The highest BCUT2D eigenvalue weighted by Gasteiger charge is 2.18. The molecule has 11 nitrogen and oxygen atoms in total. The van der Waals surface area contributed by atoms with Crippen LogP contribution in [0.25, 0.3) is 6.08 Å². The van der Waals surface area contributed by atoms with E-state index in [4.69, 9.17) is 13.9 Å². The lowest BCUT2D eigenvalue weighted by Crippen LogP contribution is -2.13. The van der Waals surface area contributed by atoms with Gasteiger partial charge in [-0.3, -0.25) is 10.1 Å². The van der Waals surface area contributed by atoms with E-state index in [9.17, 15) is 23.3 Å². The molecular weight excluding hydrogens is 460 g/mol. The summed E-state index contributed by atoms with van der Waals surface area (Å²) >= 11 is 0.660. The molecule has 0 unspecified atom stereocenters. The molecule has 3 aromatic rings. The van der Waals surface area contributed by atoms with E-state index in [0.29, 0.717) is 16.9 Å². The van der Waals surface area contributed by atoms with Crippen LogP contribution in [0.3, 0.4) is 0 Å². The number of nitrogens with one attached hydrogen (secondary N) is 1. The van der Waals surface area contributed by atoms with Gasteiger partial charge in [0.15, 0.2) is 11.5 Å². The summed E-state index contributed by atoms with van der Waals surface area (Å²) in [7, 11) is -2.21. The molecule has 164 valence electrons. The number of hydrogen-bond donors (Lipinski definition) is 1. The highest BCUT2D eigenvalue weighted by Crippen LogP contribution is 2.30. The van der Waals surface area contributed by atoms with Crippen molar-refractivity contribution in [3.63, 3.8) is 0 Å². The average Bonchev–Trinajstić information content (AvgIpc) is 3.44. The average molecular weight is 474 g/mol. The number of amides is 1. The second-order valence-electron chi connectivity index (χ2n) is 6.05. The predicted octanol–water partition coefficient (Wildman–Crippen LogP) is 2.31. The van der Waals surface area contributed by atoms with Gasteiger partial charge in [-0.1, -0.05) is 17.4 Å². The van der Waals surface area contributed by atoms with Crippen LogP contribution in [-0.4, -0.2) is 43.9 Å². The van der Waals surface area contributed by atoms with Crippen molar-refractivity contribution in [3.8, 4) is 17.6 Å². The Kier molecular flexibility index (Phi) is 6.67. The number of hydrogen-bond acceptors (Lipinski definition) is 11. The summed E-state index contributed by atoms with van der Waals surface area (Å²) < 4.78 is 38.1. The summed E-state index contributed by atoms with van der Waals surface area (Å²) in [4.78, 5) is 24.4. The number of anilines is 1. The molecule has 0 atom stereocenters. The van der Waals surface area contributed by atoms with Crippen LogP contribution >= 0.6 is 11.3 Å². The van der Waals surface area contributed by atoms with Crippen molar-refractivity contribution in [2.24, 2.45) is 0 Å². The molecule has 1 aromatic carbocycles. The fourth-order valence-corrected chi connectivity index (χ4v) is 3.80. The molecule has 0 saturated heterocycles. The standard InChI is InChI=1S/C19H14N4O7S2/c1-28-15-9-11(5-6-13(15)30-17(25)14-4-3-7-29-14)8-12(10-20)16(24)21-18-22-23-19(31-18)32(2,26)27/h3-9H,1-2H3,(H,21,22,24)/b12-8-. The minimum absolute atomic E-state index is 0.00942. The highest BCUT2D eigenvalue weighted by atomic mass is 32.2. The topological polar surface area (TPSA) is 161 Å². The van der Waals surface area contributed by atoms with Gasteiger partial charge in [0.2, 0.25) is 25.1 Å². The largest absolute Gasteiger partial charge is 0.493 e. The summed E-state index contributed by atoms with van der Waals surface area (Å²) in [5.41, 5.74) is 0.115. The number of sulfone groups is 1. The second kappa shape index (κ2) is 9.41. The van der Waals surface area contributed by atoms with Crippen molar-refractivity contribution in [1.82, 2.24) is 10.2 Å². The van der Waals surface area contributed by atoms with Crippen LogP contribution < -0.4 is 14.8 Å². The first-order valence-corrected chi connectivity index (χ1v) is 11.3. The van der Waals surface area contributed by atoms with E-state index >= 15 is 0 Å². The van der Waals surface area contributed by atoms with Crippen molar-refractivity contribution < 1.29 is 31.9 Å². The van der Waals surface area contributed by atoms with Crippen molar-refractivity contribution in [3.05, 3.63) is 53.5 Å². The molecule has 1 N–H and O–H groups in total. The molecule has 13 heteroatoms. The molecule has 0 aliphatic heterocycles. The van der Waals surface area contributed by atoms with Gasteiger partial charge in [-0.15, -0.1) is 10.2 Å². The lowest BCUT2D eigenvalue weighted by Gasteiger charge is -2.09. The van der Waals surface area contributed by atoms with Crippen LogP contribution in [0.5, 0.6) is 11.5 Å². The molecule has 0 spiro atoms. The van der Waals surface area contributed by atoms with Crippen molar-refractivity contribution in [1.29, 1.82) is 5.26 Å². The van der Waals surface area contributed by atoms with E-state index in [-0.39, 0.29) is 32.3 Å². The Hall–Kier alpha value is -4.02. The van der Waals surface area contributed by atoms with Crippen LogP contribution in [0.4, 0.5) is 5.13 Å². The number of rotatable bonds is 7. The van der Waals surface area contributed by atoms with Gasteiger partial charge in [0.25, 0.3) is 5.91 Å². The molecule has 0 bridgehead atoms. The number of aromatic nitrogens is 2. The third kappa shape index (κ3) is 5.36. The molecule has 2 heterocycles. The molecule has 32 heavy (non-hydrogen) atoms. The SMILES string of the molecule is COc1cc(/C=C(/C#N)C(=O)Nc2nnc(S(C)(=O)=O)s2)ccc1OC(=O)c1ccco1. The summed E-state index contributed by atoms with van der Waals surface area (Å²) in [6.07, 6.45) is 3.57. The summed E-state index contributed by atoms with van der Waals surface area (Å²) in [6, 6.07) is 9.14. The maximum Gasteiger partial charge on any atom is 0.379 e. The van der Waals surface area contributed by atoms with Gasteiger partial charge < -0.3 is 13.9 Å². The van der Waals surface area contributed by atoms with Gasteiger partial charge in [-0.2, -0.15) is 5.26 Å². The summed E-state index contributed by atoms with van der Waals surface area (Å²) in [5, 5.41) is 18.7. The van der Waals surface area contributed by atoms with Crippen molar-refractivity contribution in [2.45, 2.75) is 4.34 Å². The van der Waals surface area contributed by atoms with Gasteiger partial charge in [0, 0.05) is 6.26 Å². The Morgan fingerprint density at radius 3 is 2.62 bits per heavy atom. The predicted molar refractivity (Wildman–Crippen MR) is 112 cm³/mol. The van der Waals surface area contributed by atoms with E-state index < -0.39 is 21.7 Å². The van der Waals surface area contributed by atoms with Crippen LogP contribution in [-0.2, 0) is 14.6 Å². The van der Waals surface area contributed by atoms with Crippen LogP contribution in [0, 0.1) is 11.3 Å². The van der Waals surface area contributed by atoms with Gasteiger partial charge in [-0.25, -0.2) is 13.2 Å². The van der Waals surface area contributed by atoms with Gasteiger partial charge in [0.1, 0.15) is 11.6 Å². The quantitative estimate of drug-likeness (QED) is 0.177. The zero-order valence-electron chi connectivity index (χ0n) is 16.6. The molecule has 3 rings (SSSR count). The number of nitrogens with zero attached hydrogens (tertiary/aromatic N) is 3. The molecule has 0 fully saturated rings. The van der Waals surface area contributed by atoms with Crippen molar-refractivity contribution >= 4 is 44.3 Å². The Bertz CT molecular complexity index is 1340. The zero-order chi connectivity index (χ0) is 23.3. The van der Waals surface area contributed by atoms with Gasteiger partial charge in [0.05, 0.1) is 13.4 Å². The van der Waals surface area contributed by atoms with Gasteiger partial charge >= 0.3 is 5.97 Å². The number of methoxy groups -OCH3 is 1. The maximum atomic E-state index is 12.4. The summed E-state index contributed by atoms with van der Waals surface area (Å²) in [6.45, 7) is 0. The third-order valence-corrected chi connectivity index (χ3v) is 6.24. The molecule has 2 aromatic heterocycles. The number of ether oxygens (including phenoxy) is 2. The molecule has 0 radical (unpaired) electrons. The van der Waals surface area contributed by atoms with Crippen molar-refractivity contribution in [2.75, 3.05) is 18.7 Å². The molecule has 0 aliphatic carbocycles. The first kappa shape index (κ1) is 22.7. The number of carbonyl (C=O) groups excluding carboxylic acids is 2. The van der Waals surface area contributed by atoms with E-state index in [0.717, 1.165) is 6.26 Å². The van der Waals surface area contributed by atoms with Crippen LogP contribution in [0.1, 0.15) is 16.1 Å². The number of esters is 1. The maximum absolute atomic E-state index is 12.4. The number of carbonyl (C=O) groups is 2. The third-order valence-electron chi connectivity index (χ3n) is 3.73. The zero-order valence-corrected chi connectivity index (χ0v) is 18.2. The highest BCUT2D eigenvalue weighted by molar-refractivity contribution is 7.92. The molecule has 1 amide bonds. The first-order valence-electron chi connectivity index (χ1n) is 8.61. The first-order chi connectivity index (χ1) is 15.2. The summed E-state index contributed by atoms with van der Waals surface area (Å²) in [5.74, 6) is -1.24. The normalized spacial score (nSPS) is 11.5. The van der Waals surface area contributed by atoms with Crippen LogP contribution in [0.2, 0.25) is 0 Å². The fourth-order valence-electron chi connectivity index (χ4n) is 2.29.